The lowest BCUT2D eigenvalue weighted by Crippen LogP contribution is -2.21. The summed E-state index contributed by atoms with van der Waals surface area (Å²) in [6.07, 6.45) is 31.6. The Morgan fingerprint density at radius 3 is 1.76 bits per heavy atom. The second-order valence-electron chi connectivity index (χ2n) is 9.25. The van der Waals surface area contributed by atoms with Gasteiger partial charge in [0.25, 0.3) is 0 Å². The van der Waals surface area contributed by atoms with Gasteiger partial charge < -0.3 is 9.84 Å². The maximum atomic E-state index is 12.1. The molecule has 0 aliphatic rings. The Bertz CT molecular complexity index is 562. The molecule has 0 spiro atoms. The van der Waals surface area contributed by atoms with E-state index in [0.717, 1.165) is 44.9 Å². The summed E-state index contributed by atoms with van der Waals surface area (Å²) < 4.78 is 5.47. The quantitative estimate of drug-likeness (QED) is 0.0857. The molecule has 1 unspecified atom stereocenters. The van der Waals surface area contributed by atoms with Crippen LogP contribution in [-0.2, 0) is 14.3 Å². The summed E-state index contributed by atoms with van der Waals surface area (Å²) >= 11 is 0. The monoisotopic (exact) mass is 476 g/mol. The second kappa shape index (κ2) is 25.8. The predicted octanol–water partition coefficient (Wildman–Crippen LogP) is 9.10. The van der Waals surface area contributed by atoms with Crippen LogP contribution in [0.25, 0.3) is 0 Å². The van der Waals surface area contributed by atoms with Gasteiger partial charge in [-0.1, -0.05) is 102 Å². The van der Waals surface area contributed by atoms with Gasteiger partial charge in [0.2, 0.25) is 0 Å². The van der Waals surface area contributed by atoms with Crippen molar-refractivity contribution < 1.29 is 19.4 Å². The molecule has 0 heterocycles. The van der Waals surface area contributed by atoms with Gasteiger partial charge in [0, 0.05) is 6.42 Å². The first-order valence-corrected chi connectivity index (χ1v) is 14.0. The molecule has 0 aromatic rings. The number of carbonyl (C=O) groups is 2. The van der Waals surface area contributed by atoms with Gasteiger partial charge in [-0.25, -0.2) is 0 Å². The molecule has 0 radical (unpaired) electrons. The van der Waals surface area contributed by atoms with Crippen LogP contribution in [0, 0.1) is 0 Å². The maximum absolute atomic E-state index is 12.1. The van der Waals surface area contributed by atoms with Gasteiger partial charge in [0.05, 0.1) is 6.42 Å². The Kier molecular flexibility index (Phi) is 24.4. The number of hydrogen-bond donors (Lipinski definition) is 1. The Balaban J connectivity index is 3.83. The first-order valence-electron chi connectivity index (χ1n) is 14.0. The third-order valence-electron chi connectivity index (χ3n) is 5.85. The Morgan fingerprint density at radius 1 is 0.676 bits per heavy atom. The lowest BCUT2D eigenvalue weighted by Gasteiger charge is -2.16. The van der Waals surface area contributed by atoms with Crippen LogP contribution in [-0.4, -0.2) is 23.1 Å². The molecule has 0 saturated carbocycles. The number of rotatable bonds is 24. The van der Waals surface area contributed by atoms with Crippen molar-refractivity contribution in [2.24, 2.45) is 0 Å². The van der Waals surface area contributed by atoms with Gasteiger partial charge in [-0.3, -0.25) is 9.59 Å². The van der Waals surface area contributed by atoms with Gasteiger partial charge in [-0.2, -0.15) is 0 Å². The first-order chi connectivity index (χ1) is 16.6. The van der Waals surface area contributed by atoms with Crippen molar-refractivity contribution in [1.82, 2.24) is 0 Å². The number of aliphatic carboxylic acids is 1. The van der Waals surface area contributed by atoms with E-state index in [1.165, 1.54) is 57.8 Å². The molecule has 0 rings (SSSR count). The van der Waals surface area contributed by atoms with E-state index in [2.05, 4.69) is 50.3 Å². The van der Waals surface area contributed by atoms with Crippen molar-refractivity contribution in [3.05, 3.63) is 36.5 Å². The molecule has 34 heavy (non-hydrogen) atoms. The number of carboxylic acid groups (broad SMARTS) is 1. The number of allylic oxidation sites excluding steroid dienone is 6. The molecule has 196 valence electrons. The minimum Gasteiger partial charge on any atom is -0.481 e. The lowest BCUT2D eigenvalue weighted by molar-refractivity contribution is -0.153. The molecule has 1 N–H and O–H groups in total. The summed E-state index contributed by atoms with van der Waals surface area (Å²) in [5, 5.41) is 9.11. The van der Waals surface area contributed by atoms with Crippen LogP contribution in [0.5, 0.6) is 0 Å². The number of ether oxygens (including phenoxy) is 1. The van der Waals surface area contributed by atoms with E-state index in [-0.39, 0.29) is 12.4 Å². The Morgan fingerprint density at radius 2 is 1.18 bits per heavy atom. The summed E-state index contributed by atoms with van der Waals surface area (Å²) in [6.45, 7) is 4.43. The van der Waals surface area contributed by atoms with E-state index >= 15 is 0 Å². The van der Waals surface area contributed by atoms with E-state index in [9.17, 15) is 9.59 Å². The molecule has 0 amide bonds. The zero-order valence-electron chi connectivity index (χ0n) is 22.1. The standard InChI is InChI=1S/C30H52O4/c1-3-5-7-9-11-12-13-14-15-16-17-18-20-22-24-26-30(33)34-28(27-29(31)32)25-23-21-19-10-8-6-4-2/h11-12,14-15,17-18,28H,3-10,13,16,19-27H2,1-2H3,(H,31,32)/b12-11-,15-14-,18-17-. The maximum Gasteiger partial charge on any atom is 0.307 e. The predicted molar refractivity (Wildman–Crippen MR) is 144 cm³/mol. The molecule has 0 aromatic carbocycles. The molecule has 0 aliphatic carbocycles. The van der Waals surface area contributed by atoms with Crippen LogP contribution in [0.1, 0.15) is 136 Å². The highest BCUT2D eigenvalue weighted by molar-refractivity contribution is 5.71. The van der Waals surface area contributed by atoms with Crippen molar-refractivity contribution in [3.8, 4) is 0 Å². The summed E-state index contributed by atoms with van der Waals surface area (Å²) in [7, 11) is 0. The number of carbonyl (C=O) groups excluding carboxylic acids is 1. The molecule has 0 saturated heterocycles. The fourth-order valence-electron chi connectivity index (χ4n) is 3.79. The van der Waals surface area contributed by atoms with E-state index in [0.29, 0.717) is 12.8 Å². The minimum atomic E-state index is -0.900. The lowest BCUT2D eigenvalue weighted by atomic mass is 10.0. The Hall–Kier alpha value is -1.84. The third-order valence-corrected chi connectivity index (χ3v) is 5.85. The molecule has 4 heteroatoms. The number of carboxylic acids is 1. The number of esters is 1. The fraction of sp³-hybridized carbons (Fsp3) is 0.733. The van der Waals surface area contributed by atoms with Crippen LogP contribution < -0.4 is 0 Å². The SMILES string of the molecule is CCCCC/C=C\C/C=C\C/C=C\CCCCC(=O)OC(CCCCCCCCC)CC(=O)O. The van der Waals surface area contributed by atoms with E-state index < -0.39 is 12.1 Å². The van der Waals surface area contributed by atoms with E-state index in [1.807, 2.05) is 0 Å². The smallest absolute Gasteiger partial charge is 0.307 e. The highest BCUT2D eigenvalue weighted by atomic mass is 16.5. The van der Waals surface area contributed by atoms with Gasteiger partial charge in [0.1, 0.15) is 6.10 Å². The van der Waals surface area contributed by atoms with Crippen LogP contribution >= 0.6 is 0 Å². The molecule has 0 bridgehead atoms. The van der Waals surface area contributed by atoms with Crippen LogP contribution in [0.15, 0.2) is 36.5 Å². The molecular weight excluding hydrogens is 424 g/mol. The molecule has 0 aliphatic heterocycles. The molecular formula is C30H52O4. The first kappa shape index (κ1) is 32.2. The largest absolute Gasteiger partial charge is 0.481 e. The zero-order chi connectivity index (χ0) is 25.1. The van der Waals surface area contributed by atoms with Crippen LogP contribution in [0.4, 0.5) is 0 Å². The van der Waals surface area contributed by atoms with Crippen molar-refractivity contribution in [3.63, 3.8) is 0 Å². The molecule has 0 fully saturated rings. The summed E-state index contributed by atoms with van der Waals surface area (Å²) in [6, 6.07) is 0. The van der Waals surface area contributed by atoms with Crippen LogP contribution in [0.2, 0.25) is 0 Å². The average molecular weight is 477 g/mol. The van der Waals surface area contributed by atoms with Crippen LogP contribution in [0.3, 0.4) is 0 Å². The third kappa shape index (κ3) is 24.8. The highest BCUT2D eigenvalue weighted by Gasteiger charge is 2.17. The van der Waals surface area contributed by atoms with E-state index in [1.54, 1.807) is 0 Å². The van der Waals surface area contributed by atoms with Gasteiger partial charge in [-0.05, 0) is 57.8 Å². The number of hydrogen-bond acceptors (Lipinski definition) is 3. The fourth-order valence-corrected chi connectivity index (χ4v) is 3.79. The van der Waals surface area contributed by atoms with Gasteiger partial charge in [-0.15, -0.1) is 0 Å². The molecule has 0 aromatic heterocycles. The molecule has 4 nitrogen and oxygen atoms in total. The van der Waals surface area contributed by atoms with Crippen molar-refractivity contribution in [2.45, 2.75) is 142 Å². The highest BCUT2D eigenvalue weighted by Crippen LogP contribution is 2.15. The average Bonchev–Trinajstić information content (AvgIpc) is 2.80. The van der Waals surface area contributed by atoms with Crippen molar-refractivity contribution in [1.29, 1.82) is 0 Å². The normalized spacial score (nSPS) is 12.8. The van der Waals surface area contributed by atoms with Crippen molar-refractivity contribution >= 4 is 11.9 Å². The van der Waals surface area contributed by atoms with Gasteiger partial charge in [0.15, 0.2) is 0 Å². The van der Waals surface area contributed by atoms with Gasteiger partial charge >= 0.3 is 11.9 Å². The van der Waals surface area contributed by atoms with Crippen molar-refractivity contribution in [2.75, 3.05) is 0 Å². The number of unbranched alkanes of at least 4 members (excludes halogenated alkanes) is 11. The topological polar surface area (TPSA) is 63.6 Å². The zero-order valence-corrected chi connectivity index (χ0v) is 22.1. The summed E-state index contributed by atoms with van der Waals surface area (Å²) in [5.74, 6) is -1.16. The summed E-state index contributed by atoms with van der Waals surface area (Å²) in [4.78, 5) is 23.2. The second-order valence-corrected chi connectivity index (χ2v) is 9.25. The van der Waals surface area contributed by atoms with E-state index in [4.69, 9.17) is 9.84 Å². The summed E-state index contributed by atoms with van der Waals surface area (Å²) in [5.41, 5.74) is 0. The Labute approximate surface area is 209 Å². The minimum absolute atomic E-state index is 0.0908. The molecule has 1 atom stereocenters.